The molecular formula is C12H13N3. The minimum Gasteiger partial charge on any atom is -0.0862 e. The second-order valence-corrected chi connectivity index (χ2v) is 3.74. The zero-order valence-corrected chi connectivity index (χ0v) is 8.72. The second kappa shape index (κ2) is 4.20. The summed E-state index contributed by atoms with van der Waals surface area (Å²) in [6.07, 6.45) is 6.50. The van der Waals surface area contributed by atoms with E-state index in [1.54, 1.807) is 0 Å². The molecule has 3 heteroatoms. The molecule has 0 N–H and O–H groups in total. The molecule has 0 heterocycles. The van der Waals surface area contributed by atoms with Crippen LogP contribution >= 0.6 is 0 Å². The monoisotopic (exact) mass is 199 g/mol. The quantitative estimate of drug-likeness (QED) is 0.392. The van der Waals surface area contributed by atoms with Crippen molar-refractivity contribution in [3.8, 4) is 0 Å². The number of benzene rings is 1. The predicted molar refractivity (Wildman–Crippen MR) is 61.4 cm³/mol. The van der Waals surface area contributed by atoms with Gasteiger partial charge in [0.05, 0.1) is 6.04 Å². The lowest BCUT2D eigenvalue weighted by atomic mass is 9.91. The Morgan fingerprint density at radius 2 is 2.33 bits per heavy atom. The van der Waals surface area contributed by atoms with Gasteiger partial charge in [-0.15, -0.1) is 0 Å². The predicted octanol–water partition coefficient (Wildman–Crippen LogP) is 4.02. The SMILES string of the molecule is C[C@@H](N=[N+]=[N-])c1cccc2c1C=CCC2. The second-order valence-electron chi connectivity index (χ2n) is 3.74. The molecule has 2 rings (SSSR count). The third-order valence-corrected chi connectivity index (χ3v) is 2.77. The van der Waals surface area contributed by atoms with E-state index in [4.69, 9.17) is 5.53 Å². The zero-order chi connectivity index (χ0) is 10.7. The van der Waals surface area contributed by atoms with Crippen LogP contribution in [0.3, 0.4) is 0 Å². The van der Waals surface area contributed by atoms with Gasteiger partial charge in [-0.2, -0.15) is 0 Å². The van der Waals surface area contributed by atoms with Gasteiger partial charge in [-0.1, -0.05) is 42.4 Å². The molecule has 0 saturated carbocycles. The maximum atomic E-state index is 8.44. The fraction of sp³-hybridized carbons (Fsp3) is 0.333. The molecule has 1 aliphatic rings. The van der Waals surface area contributed by atoms with Crippen molar-refractivity contribution in [3.05, 3.63) is 51.4 Å². The normalized spacial score (nSPS) is 15.3. The van der Waals surface area contributed by atoms with Gasteiger partial charge < -0.3 is 0 Å². The van der Waals surface area contributed by atoms with Crippen molar-refractivity contribution < 1.29 is 0 Å². The largest absolute Gasteiger partial charge is 0.0862 e. The molecule has 1 atom stereocenters. The van der Waals surface area contributed by atoms with Crippen LogP contribution in [0.2, 0.25) is 0 Å². The summed E-state index contributed by atoms with van der Waals surface area (Å²) in [4.78, 5) is 2.86. The number of aryl methyl sites for hydroxylation is 1. The van der Waals surface area contributed by atoms with E-state index in [0.717, 1.165) is 18.4 Å². The van der Waals surface area contributed by atoms with Crippen molar-refractivity contribution in [1.82, 2.24) is 0 Å². The van der Waals surface area contributed by atoms with Gasteiger partial charge in [0.2, 0.25) is 0 Å². The van der Waals surface area contributed by atoms with Crippen molar-refractivity contribution in [3.63, 3.8) is 0 Å². The average molecular weight is 199 g/mol. The van der Waals surface area contributed by atoms with Crippen molar-refractivity contribution in [2.45, 2.75) is 25.8 Å². The summed E-state index contributed by atoms with van der Waals surface area (Å²) in [6, 6.07) is 6.13. The van der Waals surface area contributed by atoms with Crippen LogP contribution in [0.1, 0.15) is 36.1 Å². The van der Waals surface area contributed by atoms with E-state index in [9.17, 15) is 0 Å². The van der Waals surface area contributed by atoms with Crippen molar-refractivity contribution in [2.75, 3.05) is 0 Å². The Bertz CT molecular complexity index is 442. The fourth-order valence-corrected chi connectivity index (χ4v) is 2.00. The van der Waals surface area contributed by atoms with E-state index in [1.807, 2.05) is 19.1 Å². The van der Waals surface area contributed by atoms with Gasteiger partial charge in [0.15, 0.2) is 0 Å². The van der Waals surface area contributed by atoms with E-state index in [1.165, 1.54) is 11.1 Å². The average Bonchev–Trinajstić information content (AvgIpc) is 2.28. The highest BCUT2D eigenvalue weighted by Crippen LogP contribution is 2.28. The summed E-state index contributed by atoms with van der Waals surface area (Å²) < 4.78 is 0. The van der Waals surface area contributed by atoms with Gasteiger partial charge in [0.25, 0.3) is 0 Å². The van der Waals surface area contributed by atoms with Crippen molar-refractivity contribution in [1.29, 1.82) is 0 Å². The Morgan fingerprint density at radius 1 is 1.47 bits per heavy atom. The Labute approximate surface area is 89.1 Å². The third kappa shape index (κ3) is 1.88. The molecule has 0 aromatic heterocycles. The first kappa shape index (κ1) is 9.81. The van der Waals surface area contributed by atoms with Gasteiger partial charge in [0.1, 0.15) is 0 Å². The van der Waals surface area contributed by atoms with Gasteiger partial charge in [-0.25, -0.2) is 0 Å². The van der Waals surface area contributed by atoms with Crippen molar-refractivity contribution >= 4 is 6.08 Å². The van der Waals surface area contributed by atoms with Gasteiger partial charge in [-0.05, 0) is 35.1 Å². The highest BCUT2D eigenvalue weighted by molar-refractivity contribution is 5.60. The molecule has 3 nitrogen and oxygen atoms in total. The van der Waals surface area contributed by atoms with E-state index in [0.29, 0.717) is 0 Å². The van der Waals surface area contributed by atoms with Crippen LogP contribution < -0.4 is 0 Å². The maximum Gasteiger partial charge on any atom is 0.0603 e. The highest BCUT2D eigenvalue weighted by Gasteiger charge is 2.12. The molecule has 0 spiro atoms. The molecule has 0 aliphatic heterocycles. The summed E-state index contributed by atoms with van der Waals surface area (Å²) in [6.45, 7) is 1.93. The summed E-state index contributed by atoms with van der Waals surface area (Å²) >= 11 is 0. The highest BCUT2D eigenvalue weighted by atomic mass is 15.1. The smallest absolute Gasteiger partial charge is 0.0603 e. The van der Waals surface area contributed by atoms with Crippen LogP contribution in [-0.2, 0) is 6.42 Å². The molecule has 0 saturated heterocycles. The maximum absolute atomic E-state index is 8.44. The minimum absolute atomic E-state index is 0.0901. The number of rotatable bonds is 2. The number of hydrogen-bond donors (Lipinski definition) is 0. The Balaban J connectivity index is 2.49. The van der Waals surface area contributed by atoms with Gasteiger partial charge >= 0.3 is 0 Å². The number of fused-ring (bicyclic) bond motifs is 1. The number of azide groups is 1. The van der Waals surface area contributed by atoms with E-state index in [-0.39, 0.29) is 6.04 Å². The standard InChI is InChI=1S/C12H13N3/c1-9(14-15-13)11-8-4-6-10-5-2-3-7-12(10)11/h3-4,6-9H,2,5H2,1H3/t9-/m1/s1. The van der Waals surface area contributed by atoms with Crippen LogP contribution in [0.5, 0.6) is 0 Å². The Hall–Kier alpha value is -1.73. The molecule has 1 aliphatic carbocycles. The molecule has 0 bridgehead atoms. The Kier molecular flexibility index (Phi) is 2.75. The van der Waals surface area contributed by atoms with Gasteiger partial charge in [-0.3, -0.25) is 0 Å². The molecule has 0 radical (unpaired) electrons. The molecule has 0 fully saturated rings. The fourth-order valence-electron chi connectivity index (χ4n) is 2.00. The first-order valence-corrected chi connectivity index (χ1v) is 5.15. The number of allylic oxidation sites excluding steroid dienone is 1. The number of hydrogen-bond acceptors (Lipinski definition) is 1. The third-order valence-electron chi connectivity index (χ3n) is 2.77. The summed E-state index contributed by atoms with van der Waals surface area (Å²) in [5.41, 5.74) is 12.2. The first-order chi connectivity index (χ1) is 7.33. The Morgan fingerprint density at radius 3 is 3.13 bits per heavy atom. The van der Waals surface area contributed by atoms with Crippen LogP contribution in [0.15, 0.2) is 29.4 Å². The van der Waals surface area contributed by atoms with E-state index < -0.39 is 0 Å². The van der Waals surface area contributed by atoms with E-state index >= 15 is 0 Å². The molecule has 0 amide bonds. The minimum atomic E-state index is -0.0901. The molecular weight excluding hydrogens is 186 g/mol. The lowest BCUT2D eigenvalue weighted by molar-refractivity contribution is 0.799. The summed E-state index contributed by atoms with van der Waals surface area (Å²) in [5.74, 6) is 0. The summed E-state index contributed by atoms with van der Waals surface area (Å²) in [5, 5.41) is 3.75. The topological polar surface area (TPSA) is 48.8 Å². The molecule has 15 heavy (non-hydrogen) atoms. The molecule has 0 unspecified atom stereocenters. The molecule has 76 valence electrons. The van der Waals surface area contributed by atoms with Crippen molar-refractivity contribution in [2.24, 2.45) is 5.11 Å². The molecule has 1 aromatic rings. The number of nitrogens with zero attached hydrogens (tertiary/aromatic N) is 3. The van der Waals surface area contributed by atoms with E-state index in [2.05, 4.69) is 28.2 Å². The summed E-state index contributed by atoms with van der Waals surface area (Å²) in [7, 11) is 0. The lowest BCUT2D eigenvalue weighted by Gasteiger charge is -2.16. The zero-order valence-electron chi connectivity index (χ0n) is 8.72. The lowest BCUT2D eigenvalue weighted by Crippen LogP contribution is -2.00. The molecule has 1 aromatic carbocycles. The van der Waals surface area contributed by atoms with Crippen LogP contribution in [-0.4, -0.2) is 0 Å². The van der Waals surface area contributed by atoms with Crippen LogP contribution in [0.4, 0.5) is 0 Å². The van der Waals surface area contributed by atoms with Crippen LogP contribution in [0, 0.1) is 0 Å². The van der Waals surface area contributed by atoms with Gasteiger partial charge in [0, 0.05) is 4.91 Å². The van der Waals surface area contributed by atoms with Crippen LogP contribution in [0.25, 0.3) is 16.5 Å². The first-order valence-electron chi connectivity index (χ1n) is 5.15.